The molecule has 0 spiro atoms. The summed E-state index contributed by atoms with van der Waals surface area (Å²) in [5, 5.41) is 3.75. The summed E-state index contributed by atoms with van der Waals surface area (Å²) in [7, 11) is 3.24. The molecule has 4 heteroatoms. The minimum Gasteiger partial charge on any atom is -0.468 e. The van der Waals surface area contributed by atoms with Crippen LogP contribution in [-0.2, 0) is 9.53 Å². The maximum Gasteiger partial charge on any atom is 0.325 e. The summed E-state index contributed by atoms with van der Waals surface area (Å²) in [6, 6.07) is 0. The van der Waals surface area contributed by atoms with E-state index in [0.717, 1.165) is 18.6 Å². The van der Waals surface area contributed by atoms with E-state index in [0.29, 0.717) is 5.25 Å². The third-order valence-electron chi connectivity index (χ3n) is 2.99. The van der Waals surface area contributed by atoms with Crippen molar-refractivity contribution in [3.05, 3.63) is 0 Å². The molecule has 3 nitrogen and oxygen atoms in total. The normalized spacial score (nSPS) is 16.6. The summed E-state index contributed by atoms with van der Waals surface area (Å²) in [6.07, 6.45) is 3.05. The molecule has 16 heavy (non-hydrogen) atoms. The Balaban J connectivity index is 3.92. The Morgan fingerprint density at radius 2 is 2.19 bits per heavy atom. The number of nitrogens with one attached hydrogen (secondary N) is 1. The lowest BCUT2D eigenvalue weighted by atomic mass is 9.97. The van der Waals surface area contributed by atoms with Crippen molar-refractivity contribution in [2.45, 2.75) is 50.8 Å². The monoisotopic (exact) mass is 247 g/mol. The SMILES string of the molecule is CCC(C)SCCCC(C)(NC)C(=O)OC. The van der Waals surface area contributed by atoms with Gasteiger partial charge in [-0.2, -0.15) is 11.8 Å². The first-order valence-electron chi connectivity index (χ1n) is 5.89. The highest BCUT2D eigenvalue weighted by Gasteiger charge is 2.31. The Morgan fingerprint density at radius 1 is 1.56 bits per heavy atom. The molecule has 0 heterocycles. The van der Waals surface area contributed by atoms with Crippen LogP contribution in [0.1, 0.15) is 40.0 Å². The molecule has 0 aromatic rings. The van der Waals surface area contributed by atoms with E-state index in [4.69, 9.17) is 4.74 Å². The predicted octanol–water partition coefficient (Wildman–Crippen LogP) is 2.45. The Morgan fingerprint density at radius 3 is 2.62 bits per heavy atom. The van der Waals surface area contributed by atoms with Gasteiger partial charge in [-0.05, 0) is 39.0 Å². The number of rotatable bonds is 8. The van der Waals surface area contributed by atoms with Gasteiger partial charge in [0.25, 0.3) is 0 Å². The van der Waals surface area contributed by atoms with Crippen LogP contribution >= 0.6 is 11.8 Å². The topological polar surface area (TPSA) is 38.3 Å². The Bertz CT molecular complexity index is 211. The van der Waals surface area contributed by atoms with Crippen LogP contribution in [0.3, 0.4) is 0 Å². The molecule has 0 aliphatic carbocycles. The summed E-state index contributed by atoms with van der Waals surface area (Å²) >= 11 is 1.97. The Hall–Kier alpha value is -0.220. The van der Waals surface area contributed by atoms with Crippen LogP contribution in [0, 0.1) is 0 Å². The largest absolute Gasteiger partial charge is 0.468 e. The standard InChI is InChI=1S/C12H25NO2S/c1-6-10(2)16-9-7-8-12(3,13-4)11(14)15-5/h10,13H,6-9H2,1-5H3. The van der Waals surface area contributed by atoms with Crippen molar-refractivity contribution in [1.29, 1.82) is 0 Å². The summed E-state index contributed by atoms with van der Waals surface area (Å²) < 4.78 is 4.80. The predicted molar refractivity (Wildman–Crippen MR) is 70.9 cm³/mol. The molecule has 0 saturated carbocycles. The van der Waals surface area contributed by atoms with Gasteiger partial charge in [-0.3, -0.25) is 4.79 Å². The molecule has 0 rings (SSSR count). The van der Waals surface area contributed by atoms with Gasteiger partial charge in [-0.25, -0.2) is 0 Å². The highest BCUT2D eigenvalue weighted by Crippen LogP contribution is 2.19. The van der Waals surface area contributed by atoms with Gasteiger partial charge in [0.1, 0.15) is 5.54 Å². The van der Waals surface area contributed by atoms with E-state index in [1.165, 1.54) is 13.5 Å². The number of ether oxygens (including phenoxy) is 1. The fourth-order valence-corrected chi connectivity index (χ4v) is 2.33. The zero-order valence-electron chi connectivity index (χ0n) is 11.1. The lowest BCUT2D eigenvalue weighted by Gasteiger charge is -2.26. The van der Waals surface area contributed by atoms with E-state index in [-0.39, 0.29) is 5.97 Å². The summed E-state index contributed by atoms with van der Waals surface area (Å²) in [6.45, 7) is 6.33. The molecule has 0 aliphatic heterocycles. The van der Waals surface area contributed by atoms with Crippen LogP contribution in [0.5, 0.6) is 0 Å². The van der Waals surface area contributed by atoms with Crippen molar-refractivity contribution < 1.29 is 9.53 Å². The minimum absolute atomic E-state index is 0.177. The zero-order chi connectivity index (χ0) is 12.6. The third-order valence-corrected chi connectivity index (χ3v) is 4.41. The second kappa shape index (κ2) is 7.96. The van der Waals surface area contributed by atoms with Crippen LogP contribution in [0.15, 0.2) is 0 Å². The van der Waals surface area contributed by atoms with Gasteiger partial charge in [0, 0.05) is 5.25 Å². The number of likely N-dealkylation sites (N-methyl/N-ethyl adjacent to an activating group) is 1. The first-order valence-corrected chi connectivity index (χ1v) is 6.94. The number of esters is 1. The van der Waals surface area contributed by atoms with Gasteiger partial charge in [0.2, 0.25) is 0 Å². The highest BCUT2D eigenvalue weighted by atomic mass is 32.2. The number of carbonyl (C=O) groups excluding carboxylic acids is 1. The molecule has 96 valence electrons. The number of methoxy groups -OCH3 is 1. The molecule has 2 atom stereocenters. The third kappa shape index (κ3) is 5.21. The quantitative estimate of drug-likeness (QED) is 0.528. The van der Waals surface area contributed by atoms with E-state index in [2.05, 4.69) is 19.2 Å². The van der Waals surface area contributed by atoms with E-state index in [1.54, 1.807) is 7.05 Å². The lowest BCUT2D eigenvalue weighted by Crippen LogP contribution is -2.48. The summed E-state index contributed by atoms with van der Waals surface area (Å²) in [5.74, 6) is 0.923. The van der Waals surface area contributed by atoms with Gasteiger partial charge in [0.05, 0.1) is 7.11 Å². The van der Waals surface area contributed by atoms with Crippen LogP contribution in [-0.4, -0.2) is 36.7 Å². The maximum absolute atomic E-state index is 11.6. The van der Waals surface area contributed by atoms with E-state index < -0.39 is 5.54 Å². The molecule has 0 saturated heterocycles. The minimum atomic E-state index is -0.537. The average molecular weight is 247 g/mol. The number of thioether (sulfide) groups is 1. The van der Waals surface area contributed by atoms with Crippen molar-refractivity contribution in [2.75, 3.05) is 19.9 Å². The molecule has 2 unspecified atom stereocenters. The van der Waals surface area contributed by atoms with Crippen molar-refractivity contribution in [1.82, 2.24) is 5.32 Å². The van der Waals surface area contributed by atoms with Gasteiger partial charge in [0.15, 0.2) is 0 Å². The highest BCUT2D eigenvalue weighted by molar-refractivity contribution is 7.99. The van der Waals surface area contributed by atoms with Crippen LogP contribution in [0.25, 0.3) is 0 Å². The second-order valence-corrected chi connectivity index (χ2v) is 5.81. The van der Waals surface area contributed by atoms with Crippen molar-refractivity contribution in [2.24, 2.45) is 0 Å². The average Bonchev–Trinajstić information content (AvgIpc) is 2.32. The molecule has 0 bridgehead atoms. The van der Waals surface area contributed by atoms with Gasteiger partial charge in [-0.15, -0.1) is 0 Å². The van der Waals surface area contributed by atoms with Gasteiger partial charge in [-0.1, -0.05) is 13.8 Å². The molecule has 0 aromatic carbocycles. The van der Waals surface area contributed by atoms with Crippen molar-refractivity contribution in [3.8, 4) is 0 Å². The fraction of sp³-hybridized carbons (Fsp3) is 0.917. The van der Waals surface area contributed by atoms with E-state index >= 15 is 0 Å². The molecule has 0 amide bonds. The molecule has 0 radical (unpaired) electrons. The fourth-order valence-electron chi connectivity index (χ4n) is 1.38. The molecular weight excluding hydrogens is 222 g/mol. The van der Waals surface area contributed by atoms with Crippen LogP contribution in [0.2, 0.25) is 0 Å². The second-order valence-electron chi connectivity index (χ2n) is 4.27. The molecule has 0 fully saturated rings. The van der Waals surface area contributed by atoms with Gasteiger partial charge >= 0.3 is 5.97 Å². The first-order chi connectivity index (χ1) is 7.50. The van der Waals surface area contributed by atoms with E-state index in [9.17, 15) is 4.79 Å². The van der Waals surface area contributed by atoms with Crippen molar-refractivity contribution in [3.63, 3.8) is 0 Å². The zero-order valence-corrected chi connectivity index (χ0v) is 11.9. The Labute approximate surface area is 104 Å². The molecular formula is C12H25NO2S. The molecule has 0 aliphatic rings. The van der Waals surface area contributed by atoms with Crippen molar-refractivity contribution >= 4 is 17.7 Å². The Kier molecular flexibility index (Phi) is 7.85. The molecule has 1 N–H and O–H groups in total. The first kappa shape index (κ1) is 15.8. The van der Waals surface area contributed by atoms with Gasteiger partial charge < -0.3 is 10.1 Å². The molecule has 0 aromatic heterocycles. The summed E-state index contributed by atoms with van der Waals surface area (Å²) in [5.41, 5.74) is -0.537. The summed E-state index contributed by atoms with van der Waals surface area (Å²) in [4.78, 5) is 11.6. The van der Waals surface area contributed by atoms with E-state index in [1.807, 2.05) is 18.7 Å². The maximum atomic E-state index is 11.6. The smallest absolute Gasteiger partial charge is 0.325 e. The number of hydrogen-bond donors (Lipinski definition) is 1. The lowest BCUT2D eigenvalue weighted by molar-refractivity contribution is -0.148. The van der Waals surface area contributed by atoms with Crippen LogP contribution < -0.4 is 5.32 Å². The van der Waals surface area contributed by atoms with Crippen LogP contribution in [0.4, 0.5) is 0 Å². The number of carbonyl (C=O) groups is 1. The number of hydrogen-bond acceptors (Lipinski definition) is 4.